The van der Waals surface area contributed by atoms with Crippen LogP contribution in [0.25, 0.3) is 10.9 Å². The molecule has 5 nitrogen and oxygen atoms in total. The van der Waals surface area contributed by atoms with Crippen molar-refractivity contribution in [2.45, 2.75) is 0 Å². The fourth-order valence-electron chi connectivity index (χ4n) is 2.25. The highest BCUT2D eigenvalue weighted by atomic mass is 19.1. The molecular formula is C16H11FN2O3. The predicted molar refractivity (Wildman–Crippen MR) is 79.6 cm³/mol. The first-order valence-corrected chi connectivity index (χ1v) is 6.46. The Bertz CT molecular complexity index is 886. The third-order valence-electron chi connectivity index (χ3n) is 3.29. The highest BCUT2D eigenvalue weighted by molar-refractivity contribution is 6.12. The molecule has 6 heteroatoms. The van der Waals surface area contributed by atoms with E-state index in [9.17, 15) is 14.0 Å². The molecule has 0 atom stereocenters. The molecule has 0 unspecified atom stereocenters. The van der Waals surface area contributed by atoms with Crippen LogP contribution in [0.3, 0.4) is 0 Å². The van der Waals surface area contributed by atoms with Crippen molar-refractivity contribution >= 4 is 28.5 Å². The second-order valence-corrected chi connectivity index (χ2v) is 4.70. The van der Waals surface area contributed by atoms with Crippen LogP contribution >= 0.6 is 0 Å². The van der Waals surface area contributed by atoms with E-state index in [4.69, 9.17) is 5.11 Å². The first kappa shape index (κ1) is 13.8. The van der Waals surface area contributed by atoms with Gasteiger partial charge in [-0.15, -0.1) is 0 Å². The molecule has 1 amide bonds. The van der Waals surface area contributed by atoms with Gasteiger partial charge in [-0.2, -0.15) is 0 Å². The molecule has 1 aromatic heterocycles. The number of carbonyl (C=O) groups excluding carboxylic acids is 1. The third kappa shape index (κ3) is 2.42. The van der Waals surface area contributed by atoms with Crippen LogP contribution in [0.5, 0.6) is 0 Å². The third-order valence-corrected chi connectivity index (χ3v) is 3.29. The summed E-state index contributed by atoms with van der Waals surface area (Å²) in [6.45, 7) is 0. The molecule has 0 aliphatic carbocycles. The van der Waals surface area contributed by atoms with Crippen LogP contribution in [-0.4, -0.2) is 22.0 Å². The van der Waals surface area contributed by atoms with Crippen molar-refractivity contribution in [1.29, 1.82) is 0 Å². The topological polar surface area (TPSA) is 82.2 Å². The van der Waals surface area contributed by atoms with Gasteiger partial charge in [0.2, 0.25) is 0 Å². The van der Waals surface area contributed by atoms with Crippen LogP contribution in [0.2, 0.25) is 0 Å². The predicted octanol–water partition coefficient (Wildman–Crippen LogP) is 3.26. The number of benzene rings is 2. The molecule has 0 spiro atoms. The average Bonchev–Trinajstić information content (AvgIpc) is 2.97. The summed E-state index contributed by atoms with van der Waals surface area (Å²) in [4.78, 5) is 26.2. The summed E-state index contributed by atoms with van der Waals surface area (Å²) in [6, 6.07) is 10.4. The monoisotopic (exact) mass is 298 g/mol. The molecule has 3 aromatic rings. The molecule has 3 N–H and O–H groups in total. The molecule has 0 fully saturated rings. The number of hydrogen-bond donors (Lipinski definition) is 3. The van der Waals surface area contributed by atoms with E-state index in [-0.39, 0.29) is 5.69 Å². The summed E-state index contributed by atoms with van der Waals surface area (Å²) >= 11 is 0. The zero-order valence-corrected chi connectivity index (χ0v) is 11.3. The second kappa shape index (κ2) is 5.33. The number of aromatic amines is 1. The summed E-state index contributed by atoms with van der Waals surface area (Å²) in [5, 5.41) is 12.2. The second-order valence-electron chi connectivity index (χ2n) is 4.70. The van der Waals surface area contributed by atoms with Crippen molar-refractivity contribution in [3.63, 3.8) is 0 Å². The van der Waals surface area contributed by atoms with Crippen LogP contribution in [0.1, 0.15) is 20.7 Å². The number of fused-ring (bicyclic) bond motifs is 1. The van der Waals surface area contributed by atoms with Gasteiger partial charge in [-0.1, -0.05) is 6.07 Å². The Balaban J connectivity index is 1.93. The molecule has 0 radical (unpaired) electrons. The van der Waals surface area contributed by atoms with Gasteiger partial charge in [-0.3, -0.25) is 4.79 Å². The number of carbonyl (C=O) groups is 2. The van der Waals surface area contributed by atoms with Gasteiger partial charge in [0.05, 0.1) is 5.56 Å². The number of amides is 1. The maximum atomic E-state index is 13.3. The maximum absolute atomic E-state index is 13.3. The largest absolute Gasteiger partial charge is 0.478 e. The van der Waals surface area contributed by atoms with Gasteiger partial charge in [-0.25, -0.2) is 9.18 Å². The number of hydrogen-bond acceptors (Lipinski definition) is 2. The number of anilines is 1. The normalized spacial score (nSPS) is 10.6. The summed E-state index contributed by atoms with van der Waals surface area (Å²) in [5.41, 5.74) is 0.993. The maximum Gasteiger partial charge on any atom is 0.338 e. The van der Waals surface area contributed by atoms with Gasteiger partial charge in [0, 0.05) is 28.4 Å². The zero-order valence-electron chi connectivity index (χ0n) is 11.3. The fourth-order valence-corrected chi connectivity index (χ4v) is 2.25. The van der Waals surface area contributed by atoms with E-state index in [1.54, 1.807) is 24.4 Å². The Morgan fingerprint density at radius 2 is 1.91 bits per heavy atom. The van der Waals surface area contributed by atoms with Gasteiger partial charge >= 0.3 is 5.97 Å². The molecule has 0 bridgehead atoms. The molecule has 110 valence electrons. The Labute approximate surface area is 124 Å². The molecular weight excluding hydrogens is 287 g/mol. The number of carboxylic acid groups (broad SMARTS) is 1. The summed E-state index contributed by atoms with van der Waals surface area (Å²) in [7, 11) is 0. The minimum Gasteiger partial charge on any atom is -0.478 e. The number of halogens is 1. The first-order valence-electron chi connectivity index (χ1n) is 6.46. The van der Waals surface area contributed by atoms with Crippen molar-refractivity contribution in [2.75, 3.05) is 5.32 Å². The van der Waals surface area contributed by atoms with Crippen LogP contribution < -0.4 is 5.32 Å². The molecule has 0 aliphatic rings. The smallest absolute Gasteiger partial charge is 0.338 e. The lowest BCUT2D eigenvalue weighted by molar-refractivity contribution is 0.0691. The van der Waals surface area contributed by atoms with Crippen molar-refractivity contribution in [1.82, 2.24) is 4.98 Å². The Hall–Kier alpha value is -3.15. The minimum atomic E-state index is -1.39. The summed E-state index contributed by atoms with van der Waals surface area (Å²) in [5.74, 6) is -2.63. The van der Waals surface area contributed by atoms with Crippen molar-refractivity contribution in [3.8, 4) is 0 Å². The van der Waals surface area contributed by atoms with E-state index in [1.807, 2.05) is 6.07 Å². The number of aromatic carboxylic acids is 1. The lowest BCUT2D eigenvalue weighted by Crippen LogP contribution is -2.13. The van der Waals surface area contributed by atoms with E-state index in [0.29, 0.717) is 5.56 Å². The Kier molecular flexibility index (Phi) is 3.34. The lowest BCUT2D eigenvalue weighted by Gasteiger charge is -2.07. The van der Waals surface area contributed by atoms with E-state index in [0.717, 1.165) is 23.0 Å². The van der Waals surface area contributed by atoms with Crippen LogP contribution in [0.15, 0.2) is 48.7 Å². The Morgan fingerprint density at radius 1 is 1.09 bits per heavy atom. The van der Waals surface area contributed by atoms with Gasteiger partial charge < -0.3 is 15.4 Å². The number of carboxylic acids is 1. The van der Waals surface area contributed by atoms with E-state index >= 15 is 0 Å². The molecule has 0 aliphatic heterocycles. The van der Waals surface area contributed by atoms with E-state index < -0.39 is 23.3 Å². The quantitative estimate of drug-likeness (QED) is 0.694. The van der Waals surface area contributed by atoms with Gasteiger partial charge in [0.15, 0.2) is 0 Å². The van der Waals surface area contributed by atoms with Crippen molar-refractivity contribution < 1.29 is 19.1 Å². The number of nitrogens with one attached hydrogen (secondary N) is 2. The molecule has 22 heavy (non-hydrogen) atoms. The van der Waals surface area contributed by atoms with Crippen LogP contribution in [0, 0.1) is 5.82 Å². The molecule has 3 rings (SSSR count). The fraction of sp³-hybridized carbons (Fsp3) is 0. The van der Waals surface area contributed by atoms with Crippen molar-refractivity contribution in [3.05, 3.63) is 65.6 Å². The standard InChI is InChI=1S/C16H11FN2O3/c17-13-5-4-9(8-12(13)16(21)22)19-15(20)11-2-1-3-14-10(11)6-7-18-14/h1-8,18H,(H,19,20)(H,21,22). The van der Waals surface area contributed by atoms with Gasteiger partial charge in [0.1, 0.15) is 5.82 Å². The molecule has 0 saturated heterocycles. The number of H-pyrrole nitrogens is 1. The summed E-state index contributed by atoms with van der Waals surface area (Å²) < 4.78 is 13.3. The van der Waals surface area contributed by atoms with Crippen LogP contribution in [-0.2, 0) is 0 Å². The Morgan fingerprint density at radius 3 is 2.68 bits per heavy atom. The highest BCUT2D eigenvalue weighted by Gasteiger charge is 2.14. The van der Waals surface area contributed by atoms with Crippen molar-refractivity contribution in [2.24, 2.45) is 0 Å². The molecule has 2 aromatic carbocycles. The van der Waals surface area contributed by atoms with Crippen LogP contribution in [0.4, 0.5) is 10.1 Å². The molecule has 0 saturated carbocycles. The SMILES string of the molecule is O=C(O)c1cc(NC(=O)c2cccc3[nH]ccc23)ccc1F. The van der Waals surface area contributed by atoms with Gasteiger partial charge in [-0.05, 0) is 36.4 Å². The average molecular weight is 298 g/mol. The lowest BCUT2D eigenvalue weighted by atomic mass is 10.1. The number of aromatic nitrogens is 1. The zero-order chi connectivity index (χ0) is 15.7. The highest BCUT2D eigenvalue weighted by Crippen LogP contribution is 2.20. The first-order chi connectivity index (χ1) is 10.6. The van der Waals surface area contributed by atoms with E-state index in [1.165, 1.54) is 6.07 Å². The number of rotatable bonds is 3. The van der Waals surface area contributed by atoms with E-state index in [2.05, 4.69) is 10.3 Å². The minimum absolute atomic E-state index is 0.219. The summed E-state index contributed by atoms with van der Waals surface area (Å²) in [6.07, 6.45) is 1.72. The van der Waals surface area contributed by atoms with Gasteiger partial charge in [0.25, 0.3) is 5.91 Å². The molecule has 1 heterocycles.